The smallest absolute Gasteiger partial charge is 0.244 e. The number of benzene rings is 3. The van der Waals surface area contributed by atoms with Crippen molar-refractivity contribution in [3.63, 3.8) is 0 Å². The predicted octanol–water partition coefficient (Wildman–Crippen LogP) is 7.13. The summed E-state index contributed by atoms with van der Waals surface area (Å²) in [4.78, 5) is 18.3. The largest absolute Gasteiger partial charge is 0.383 e. The lowest BCUT2D eigenvalue weighted by atomic mass is 9.94. The molecule has 2 aromatic heterocycles. The molecule has 3 aromatic carbocycles. The van der Waals surface area contributed by atoms with Crippen molar-refractivity contribution in [2.24, 2.45) is 0 Å². The number of fused-ring (bicyclic) bond motifs is 3. The second-order valence-corrected chi connectivity index (χ2v) is 10.7. The molecule has 0 aliphatic heterocycles. The fourth-order valence-corrected chi connectivity index (χ4v) is 5.72. The molecule has 0 aliphatic rings. The molecule has 0 amide bonds. The molecule has 2 N–H and O–H groups in total. The zero-order valence-electron chi connectivity index (χ0n) is 21.3. The lowest BCUT2D eigenvalue weighted by molar-refractivity contribution is 0.0925. The molecule has 5 aromatic rings. The molecular formula is C31H25N5OS. The van der Waals surface area contributed by atoms with Crippen LogP contribution >= 0.6 is 11.8 Å². The van der Waals surface area contributed by atoms with Crippen molar-refractivity contribution in [2.45, 2.75) is 37.0 Å². The Labute approximate surface area is 225 Å². The van der Waals surface area contributed by atoms with Gasteiger partial charge in [0.25, 0.3) is 0 Å². The van der Waals surface area contributed by atoms with Gasteiger partial charge in [0, 0.05) is 16.3 Å². The fourth-order valence-electron chi connectivity index (χ4n) is 4.77. The minimum Gasteiger partial charge on any atom is -0.383 e. The first-order valence-electron chi connectivity index (χ1n) is 12.3. The summed E-state index contributed by atoms with van der Waals surface area (Å²) in [6, 6.07) is 27.7. The van der Waals surface area contributed by atoms with Crippen molar-refractivity contribution >= 4 is 45.3 Å². The molecule has 0 radical (unpaired) electrons. The molecule has 0 spiro atoms. The summed E-state index contributed by atoms with van der Waals surface area (Å²) in [5.41, 5.74) is 10.6. The summed E-state index contributed by atoms with van der Waals surface area (Å²) in [5, 5.41) is 21.8. The Balaban J connectivity index is 1.60. The van der Waals surface area contributed by atoms with Crippen molar-refractivity contribution in [3.8, 4) is 23.3 Å². The van der Waals surface area contributed by atoms with E-state index in [-0.39, 0.29) is 22.9 Å². The van der Waals surface area contributed by atoms with Crippen LogP contribution in [0, 0.1) is 22.7 Å². The highest BCUT2D eigenvalue weighted by atomic mass is 32.2. The molecule has 1 atom stereocenters. The molecule has 0 saturated heterocycles. The van der Waals surface area contributed by atoms with E-state index in [2.05, 4.69) is 31.0 Å². The zero-order chi connectivity index (χ0) is 27.0. The van der Waals surface area contributed by atoms with Gasteiger partial charge in [-0.2, -0.15) is 10.5 Å². The first-order chi connectivity index (χ1) is 18.3. The average molecular weight is 516 g/mol. The quantitative estimate of drug-likeness (QED) is 0.250. The standard InChI is InChI=1S/C31H25N5OS/c1-18(2)20-12-14-21(15-13-20)28-24(16-32)29(34)35-30(25(28)17-33)38-19(3)31(37)36-26-10-6-4-8-22(26)23-9-5-7-11-27(23)36/h4-15,18-19H,1-3H3,(H2,34,35). The van der Waals surface area contributed by atoms with Gasteiger partial charge in [0.05, 0.1) is 21.8 Å². The normalized spacial score (nSPS) is 11.9. The highest BCUT2D eigenvalue weighted by Crippen LogP contribution is 2.38. The Bertz CT molecular complexity index is 1740. The van der Waals surface area contributed by atoms with Crippen molar-refractivity contribution in [1.82, 2.24) is 9.55 Å². The first-order valence-corrected chi connectivity index (χ1v) is 13.2. The van der Waals surface area contributed by atoms with Gasteiger partial charge in [-0.25, -0.2) is 4.98 Å². The fraction of sp³-hybridized carbons (Fsp3) is 0.161. The van der Waals surface area contributed by atoms with Gasteiger partial charge in [-0.05, 0) is 36.1 Å². The maximum Gasteiger partial charge on any atom is 0.244 e. The summed E-state index contributed by atoms with van der Waals surface area (Å²) in [6.07, 6.45) is 0. The molecule has 186 valence electrons. The van der Waals surface area contributed by atoms with Gasteiger partial charge in [-0.3, -0.25) is 9.36 Å². The molecule has 1 unspecified atom stereocenters. The number of aromatic nitrogens is 2. The van der Waals surface area contributed by atoms with Crippen LogP contribution in [0.5, 0.6) is 0 Å². The lowest BCUT2D eigenvalue weighted by Gasteiger charge is -2.17. The number of nitrogen functional groups attached to an aromatic ring is 1. The van der Waals surface area contributed by atoms with Crippen LogP contribution in [0.4, 0.5) is 5.82 Å². The average Bonchev–Trinajstić information content (AvgIpc) is 3.26. The monoisotopic (exact) mass is 515 g/mol. The molecule has 6 nitrogen and oxygen atoms in total. The van der Waals surface area contributed by atoms with E-state index in [1.165, 1.54) is 11.8 Å². The van der Waals surface area contributed by atoms with E-state index < -0.39 is 5.25 Å². The Morgan fingerprint density at radius 1 is 0.868 bits per heavy atom. The molecule has 0 bridgehead atoms. The number of para-hydroxylation sites is 2. The van der Waals surface area contributed by atoms with E-state index in [1.54, 1.807) is 11.5 Å². The van der Waals surface area contributed by atoms with Gasteiger partial charge in [0.15, 0.2) is 0 Å². The number of nitriles is 2. The number of rotatable bonds is 5. The van der Waals surface area contributed by atoms with E-state index in [4.69, 9.17) is 5.73 Å². The minimum absolute atomic E-state index is 0.0356. The third kappa shape index (κ3) is 4.18. The molecule has 0 aliphatic carbocycles. The summed E-state index contributed by atoms with van der Waals surface area (Å²) < 4.78 is 1.73. The summed E-state index contributed by atoms with van der Waals surface area (Å²) >= 11 is 1.18. The summed E-state index contributed by atoms with van der Waals surface area (Å²) in [7, 11) is 0. The van der Waals surface area contributed by atoms with Crippen molar-refractivity contribution < 1.29 is 4.79 Å². The molecule has 2 heterocycles. The van der Waals surface area contributed by atoms with Crippen molar-refractivity contribution in [1.29, 1.82) is 10.5 Å². The highest BCUT2D eigenvalue weighted by molar-refractivity contribution is 8.00. The summed E-state index contributed by atoms with van der Waals surface area (Å²) in [6.45, 7) is 6.00. The molecule has 38 heavy (non-hydrogen) atoms. The lowest BCUT2D eigenvalue weighted by Crippen LogP contribution is -2.21. The molecule has 0 fully saturated rings. The van der Waals surface area contributed by atoms with Crippen LogP contribution in [0.3, 0.4) is 0 Å². The zero-order valence-corrected chi connectivity index (χ0v) is 22.1. The van der Waals surface area contributed by atoms with Crippen LogP contribution in [-0.2, 0) is 0 Å². The van der Waals surface area contributed by atoms with Gasteiger partial charge in [0.1, 0.15) is 28.5 Å². The molecule has 0 saturated carbocycles. The van der Waals surface area contributed by atoms with E-state index >= 15 is 0 Å². The number of carbonyl (C=O) groups is 1. The summed E-state index contributed by atoms with van der Waals surface area (Å²) in [5.74, 6) is 0.244. The van der Waals surface area contributed by atoms with Crippen molar-refractivity contribution in [3.05, 3.63) is 89.5 Å². The predicted molar refractivity (Wildman–Crippen MR) is 153 cm³/mol. The number of hydrogen-bond acceptors (Lipinski definition) is 6. The molecular weight excluding hydrogens is 490 g/mol. The van der Waals surface area contributed by atoms with E-state index in [9.17, 15) is 15.3 Å². The maximum atomic E-state index is 13.8. The number of anilines is 1. The second kappa shape index (κ2) is 10.0. The number of nitrogens with two attached hydrogens (primary N) is 1. The van der Waals surface area contributed by atoms with Crippen LogP contribution < -0.4 is 5.73 Å². The third-order valence-corrected chi connectivity index (χ3v) is 7.79. The third-order valence-electron chi connectivity index (χ3n) is 6.72. The van der Waals surface area contributed by atoms with Crippen LogP contribution in [0.25, 0.3) is 32.9 Å². The number of pyridine rings is 1. The van der Waals surface area contributed by atoms with Crippen molar-refractivity contribution in [2.75, 3.05) is 5.73 Å². The van der Waals surface area contributed by atoms with E-state index in [0.29, 0.717) is 22.1 Å². The molecule has 7 heteroatoms. The van der Waals surface area contributed by atoms with E-state index in [0.717, 1.165) is 27.4 Å². The Morgan fingerprint density at radius 3 is 1.95 bits per heavy atom. The van der Waals surface area contributed by atoms with E-state index in [1.807, 2.05) is 72.8 Å². The number of thioether (sulfide) groups is 1. The highest BCUT2D eigenvalue weighted by Gasteiger charge is 2.26. The Morgan fingerprint density at radius 2 is 1.42 bits per heavy atom. The van der Waals surface area contributed by atoms with Gasteiger partial charge in [-0.15, -0.1) is 0 Å². The number of nitrogens with zero attached hydrogens (tertiary/aromatic N) is 4. The Kier molecular flexibility index (Phi) is 6.63. The van der Waals surface area contributed by atoms with Crippen LogP contribution in [0.1, 0.15) is 48.2 Å². The first kappa shape index (κ1) is 25.1. The number of carbonyl (C=O) groups excluding carboxylic acids is 1. The minimum atomic E-state index is -0.586. The van der Waals surface area contributed by atoms with Gasteiger partial charge in [-0.1, -0.05) is 86.3 Å². The van der Waals surface area contributed by atoms with Crippen LogP contribution in [-0.4, -0.2) is 20.7 Å². The van der Waals surface area contributed by atoms with Gasteiger partial charge < -0.3 is 5.73 Å². The van der Waals surface area contributed by atoms with Gasteiger partial charge in [0.2, 0.25) is 5.91 Å². The van der Waals surface area contributed by atoms with Crippen LogP contribution in [0.2, 0.25) is 0 Å². The Hall–Kier alpha value is -4.59. The number of hydrogen-bond donors (Lipinski definition) is 1. The topological polar surface area (TPSA) is 108 Å². The van der Waals surface area contributed by atoms with Gasteiger partial charge >= 0.3 is 0 Å². The second-order valence-electron chi connectivity index (χ2n) is 9.40. The SMILES string of the molecule is CC(Sc1nc(N)c(C#N)c(-c2ccc(C(C)C)cc2)c1C#N)C(=O)n1c2ccccc2c2ccccc21. The maximum absolute atomic E-state index is 13.8. The molecule has 5 rings (SSSR count). The van der Waals surface area contributed by atoms with Crippen LogP contribution in [0.15, 0.2) is 77.8 Å².